The number of carbonyl (C=O) groups is 1. The molecule has 2 rings (SSSR count). The second-order valence-corrected chi connectivity index (χ2v) is 8.40. The van der Waals surface area contributed by atoms with Crippen LogP contribution in [0.4, 0.5) is 0 Å². The number of sulfonamides is 1. The van der Waals surface area contributed by atoms with E-state index in [1.807, 2.05) is 13.8 Å². The summed E-state index contributed by atoms with van der Waals surface area (Å²) in [6.07, 6.45) is 2.25. The number of thioether (sulfide) groups is 1. The van der Waals surface area contributed by atoms with E-state index in [0.717, 1.165) is 17.9 Å². The van der Waals surface area contributed by atoms with Crippen molar-refractivity contribution in [3.05, 3.63) is 18.0 Å². The molecule has 118 valence electrons. The van der Waals surface area contributed by atoms with Crippen molar-refractivity contribution < 1.29 is 18.3 Å². The summed E-state index contributed by atoms with van der Waals surface area (Å²) in [5.74, 6) is 0.617. The first-order chi connectivity index (χ1) is 9.84. The predicted molar refractivity (Wildman–Crippen MR) is 82.5 cm³/mol. The molecule has 1 N–H and O–H groups in total. The van der Waals surface area contributed by atoms with Crippen molar-refractivity contribution in [2.45, 2.75) is 31.2 Å². The lowest BCUT2D eigenvalue weighted by Gasteiger charge is -2.18. The molecule has 1 aromatic heterocycles. The SMILES string of the molecule is CC(C)n1cc(S(=O)(=O)N2CCCSCC2)cc1C(=O)O. The van der Waals surface area contributed by atoms with Crippen molar-refractivity contribution in [3.8, 4) is 0 Å². The molecule has 0 unspecified atom stereocenters. The van der Waals surface area contributed by atoms with Gasteiger partial charge in [-0.15, -0.1) is 0 Å². The summed E-state index contributed by atoms with van der Waals surface area (Å²) < 4.78 is 28.3. The van der Waals surface area contributed by atoms with E-state index in [1.54, 1.807) is 11.8 Å². The number of hydrogen-bond acceptors (Lipinski definition) is 4. The average molecular weight is 332 g/mol. The first-order valence-electron chi connectivity index (χ1n) is 6.87. The molecule has 0 saturated carbocycles. The Hall–Kier alpha value is -0.990. The fraction of sp³-hybridized carbons (Fsp3) is 0.615. The summed E-state index contributed by atoms with van der Waals surface area (Å²) in [7, 11) is -3.62. The van der Waals surface area contributed by atoms with Gasteiger partial charge in [0, 0.05) is 31.1 Å². The van der Waals surface area contributed by atoms with Gasteiger partial charge in [-0.2, -0.15) is 16.1 Å². The van der Waals surface area contributed by atoms with Gasteiger partial charge in [0.05, 0.1) is 0 Å². The zero-order valence-electron chi connectivity index (χ0n) is 12.2. The molecule has 0 spiro atoms. The molecule has 0 bridgehead atoms. The lowest BCUT2D eigenvalue weighted by Crippen LogP contribution is -2.32. The van der Waals surface area contributed by atoms with Crippen LogP contribution in [0.1, 0.15) is 36.8 Å². The molecule has 8 heteroatoms. The highest BCUT2D eigenvalue weighted by atomic mass is 32.2. The molecule has 1 aromatic rings. The van der Waals surface area contributed by atoms with E-state index in [4.69, 9.17) is 0 Å². The van der Waals surface area contributed by atoms with Crippen molar-refractivity contribution in [1.82, 2.24) is 8.87 Å². The van der Waals surface area contributed by atoms with Crippen LogP contribution in [0.15, 0.2) is 17.2 Å². The maximum absolute atomic E-state index is 12.7. The van der Waals surface area contributed by atoms with Gasteiger partial charge >= 0.3 is 5.97 Å². The number of carboxylic acid groups (broad SMARTS) is 1. The maximum Gasteiger partial charge on any atom is 0.352 e. The van der Waals surface area contributed by atoms with Gasteiger partial charge < -0.3 is 9.67 Å². The molecule has 0 atom stereocenters. The lowest BCUT2D eigenvalue weighted by molar-refractivity contribution is 0.0683. The Balaban J connectivity index is 2.40. The maximum atomic E-state index is 12.7. The van der Waals surface area contributed by atoms with Crippen LogP contribution < -0.4 is 0 Å². The highest BCUT2D eigenvalue weighted by Crippen LogP contribution is 2.24. The van der Waals surface area contributed by atoms with Gasteiger partial charge in [-0.25, -0.2) is 13.2 Å². The Morgan fingerprint density at radius 2 is 2.05 bits per heavy atom. The Morgan fingerprint density at radius 3 is 2.62 bits per heavy atom. The van der Waals surface area contributed by atoms with Crippen LogP contribution in [0.3, 0.4) is 0 Å². The van der Waals surface area contributed by atoms with E-state index < -0.39 is 16.0 Å². The molecule has 1 aliphatic rings. The molecule has 0 amide bonds. The average Bonchev–Trinajstić information content (AvgIpc) is 2.69. The van der Waals surface area contributed by atoms with E-state index in [0.29, 0.717) is 13.1 Å². The molecule has 6 nitrogen and oxygen atoms in total. The monoisotopic (exact) mass is 332 g/mol. The standard InChI is InChI=1S/C13H20N2O4S2/c1-10(2)15-9-11(8-12(15)13(16)17)21(18,19)14-4-3-6-20-7-5-14/h8-10H,3-7H2,1-2H3,(H,16,17). The number of hydrogen-bond donors (Lipinski definition) is 1. The fourth-order valence-electron chi connectivity index (χ4n) is 2.31. The van der Waals surface area contributed by atoms with Crippen LogP contribution in [0.2, 0.25) is 0 Å². The lowest BCUT2D eigenvalue weighted by atomic mass is 10.3. The van der Waals surface area contributed by atoms with E-state index in [1.165, 1.54) is 21.1 Å². The van der Waals surface area contributed by atoms with Gasteiger partial charge in [0.2, 0.25) is 10.0 Å². The van der Waals surface area contributed by atoms with Crippen LogP contribution in [-0.2, 0) is 10.0 Å². The summed E-state index contributed by atoms with van der Waals surface area (Å²) in [4.78, 5) is 11.3. The van der Waals surface area contributed by atoms with Crippen molar-refractivity contribution in [1.29, 1.82) is 0 Å². The number of nitrogens with zero attached hydrogens (tertiary/aromatic N) is 2. The van der Waals surface area contributed by atoms with Gasteiger partial charge in [-0.05, 0) is 32.1 Å². The van der Waals surface area contributed by atoms with Crippen LogP contribution in [0, 0.1) is 0 Å². The van der Waals surface area contributed by atoms with Crippen molar-refractivity contribution >= 4 is 27.8 Å². The molecule has 0 aliphatic carbocycles. The second-order valence-electron chi connectivity index (χ2n) is 5.24. The van der Waals surface area contributed by atoms with Crippen LogP contribution in [0.5, 0.6) is 0 Å². The molecule has 0 aromatic carbocycles. The van der Waals surface area contributed by atoms with E-state index >= 15 is 0 Å². The summed E-state index contributed by atoms with van der Waals surface area (Å²) in [6.45, 7) is 4.61. The third kappa shape index (κ3) is 3.44. The number of carboxylic acids is 1. The smallest absolute Gasteiger partial charge is 0.352 e. The molecule has 1 saturated heterocycles. The normalized spacial score (nSPS) is 17.9. The van der Waals surface area contributed by atoms with Gasteiger partial charge in [0.1, 0.15) is 10.6 Å². The first-order valence-corrected chi connectivity index (χ1v) is 9.46. The Morgan fingerprint density at radius 1 is 1.33 bits per heavy atom. The Labute approximate surface area is 129 Å². The van der Waals surface area contributed by atoms with Crippen molar-refractivity contribution in [3.63, 3.8) is 0 Å². The Bertz CT molecular complexity index is 614. The largest absolute Gasteiger partial charge is 0.477 e. The highest BCUT2D eigenvalue weighted by molar-refractivity contribution is 7.99. The number of aromatic carboxylic acids is 1. The molecular weight excluding hydrogens is 312 g/mol. The van der Waals surface area contributed by atoms with E-state index in [9.17, 15) is 18.3 Å². The van der Waals surface area contributed by atoms with Gasteiger partial charge in [-0.3, -0.25) is 0 Å². The summed E-state index contributed by atoms with van der Waals surface area (Å²) in [5.41, 5.74) is 0.00720. The summed E-state index contributed by atoms with van der Waals surface area (Å²) >= 11 is 1.74. The topological polar surface area (TPSA) is 79.6 Å². The third-order valence-corrected chi connectivity index (χ3v) is 6.33. The zero-order chi connectivity index (χ0) is 15.6. The fourth-order valence-corrected chi connectivity index (χ4v) is 4.82. The highest BCUT2D eigenvalue weighted by Gasteiger charge is 2.28. The molecule has 0 radical (unpaired) electrons. The first kappa shape index (κ1) is 16.4. The minimum Gasteiger partial charge on any atom is -0.477 e. The molecule has 1 fully saturated rings. The molecule has 21 heavy (non-hydrogen) atoms. The van der Waals surface area contributed by atoms with Gasteiger partial charge in [0.25, 0.3) is 0 Å². The van der Waals surface area contributed by atoms with E-state index in [-0.39, 0.29) is 16.6 Å². The number of aromatic nitrogens is 1. The third-order valence-electron chi connectivity index (χ3n) is 3.42. The minimum atomic E-state index is -3.62. The number of rotatable bonds is 4. The van der Waals surface area contributed by atoms with Gasteiger partial charge in [-0.1, -0.05) is 0 Å². The summed E-state index contributed by atoms with van der Waals surface area (Å²) in [5, 5.41) is 9.22. The predicted octanol–water partition coefficient (Wildman–Crippen LogP) is 1.89. The van der Waals surface area contributed by atoms with Crippen LogP contribution in [-0.4, -0.2) is 53.0 Å². The van der Waals surface area contributed by atoms with Crippen LogP contribution >= 0.6 is 11.8 Å². The zero-order valence-corrected chi connectivity index (χ0v) is 13.8. The van der Waals surface area contributed by atoms with Crippen LogP contribution in [0.25, 0.3) is 0 Å². The molecular formula is C13H20N2O4S2. The van der Waals surface area contributed by atoms with Gasteiger partial charge in [0.15, 0.2) is 0 Å². The van der Waals surface area contributed by atoms with E-state index in [2.05, 4.69) is 0 Å². The van der Waals surface area contributed by atoms with Crippen molar-refractivity contribution in [2.75, 3.05) is 24.6 Å². The second kappa shape index (κ2) is 6.41. The minimum absolute atomic E-state index is 0.00720. The summed E-state index contributed by atoms with van der Waals surface area (Å²) in [6, 6.07) is 1.15. The molecule has 1 aliphatic heterocycles. The molecule has 2 heterocycles. The van der Waals surface area contributed by atoms with Crippen molar-refractivity contribution in [2.24, 2.45) is 0 Å². The quantitative estimate of drug-likeness (QED) is 0.911. The Kier molecular flexibility index (Phi) is 5.00.